The second kappa shape index (κ2) is 6.97. The van der Waals surface area contributed by atoms with E-state index in [9.17, 15) is 4.79 Å². The number of aliphatic carboxylic acids is 1. The maximum absolute atomic E-state index is 11.1. The predicted molar refractivity (Wildman–Crippen MR) is 87.4 cm³/mol. The first-order chi connectivity index (χ1) is 11.1. The summed E-state index contributed by atoms with van der Waals surface area (Å²) in [5.41, 5.74) is 0.951. The van der Waals surface area contributed by atoms with E-state index in [4.69, 9.17) is 26.2 Å². The lowest BCUT2D eigenvalue weighted by Crippen LogP contribution is -2.17. The van der Waals surface area contributed by atoms with E-state index >= 15 is 0 Å². The molecule has 1 aromatic carbocycles. The maximum Gasteiger partial charge on any atom is 0.307 e. The molecule has 2 atom stereocenters. The summed E-state index contributed by atoms with van der Waals surface area (Å²) in [6, 6.07) is 3.75. The molecule has 2 N–H and O–H groups in total. The molecule has 0 amide bonds. The van der Waals surface area contributed by atoms with Crippen molar-refractivity contribution >= 4 is 17.6 Å². The highest BCUT2D eigenvalue weighted by Gasteiger charge is 2.31. The number of methoxy groups -OCH3 is 1. The van der Waals surface area contributed by atoms with Crippen LogP contribution in [0.5, 0.6) is 11.5 Å². The van der Waals surface area contributed by atoms with Gasteiger partial charge in [-0.05, 0) is 49.8 Å². The molecule has 1 aromatic rings. The van der Waals surface area contributed by atoms with Gasteiger partial charge in [-0.15, -0.1) is 0 Å². The van der Waals surface area contributed by atoms with Gasteiger partial charge in [0.05, 0.1) is 24.2 Å². The van der Waals surface area contributed by atoms with E-state index in [1.165, 1.54) is 12.8 Å². The van der Waals surface area contributed by atoms with Crippen molar-refractivity contribution in [3.63, 3.8) is 0 Å². The lowest BCUT2D eigenvalue weighted by Gasteiger charge is -2.20. The summed E-state index contributed by atoms with van der Waals surface area (Å²) in [6.07, 6.45) is 5.23. The van der Waals surface area contributed by atoms with Crippen molar-refractivity contribution in [2.24, 2.45) is 5.92 Å². The molecule has 2 fully saturated rings. The summed E-state index contributed by atoms with van der Waals surface area (Å²) in [5.74, 6) is 0.0830. The molecule has 0 spiro atoms. The number of ether oxygens (including phenoxy) is 2. The number of benzene rings is 1. The van der Waals surface area contributed by atoms with Crippen molar-refractivity contribution in [2.45, 2.75) is 44.2 Å². The number of carboxylic acids is 1. The van der Waals surface area contributed by atoms with Crippen LogP contribution in [0.25, 0.3) is 0 Å². The smallest absolute Gasteiger partial charge is 0.307 e. The number of carboxylic acid groups (broad SMARTS) is 1. The zero-order chi connectivity index (χ0) is 16.4. The molecule has 1 aliphatic carbocycles. The molecule has 1 saturated heterocycles. The van der Waals surface area contributed by atoms with E-state index in [1.54, 1.807) is 7.11 Å². The summed E-state index contributed by atoms with van der Waals surface area (Å²) in [7, 11) is 1.58. The largest absolute Gasteiger partial charge is 0.491 e. The van der Waals surface area contributed by atoms with Crippen molar-refractivity contribution in [3.05, 3.63) is 22.7 Å². The van der Waals surface area contributed by atoms with Gasteiger partial charge in [0.15, 0.2) is 11.5 Å². The molecule has 5 nitrogen and oxygen atoms in total. The Kier molecular flexibility index (Phi) is 4.97. The Morgan fingerprint density at radius 1 is 1.35 bits per heavy atom. The van der Waals surface area contributed by atoms with Crippen LogP contribution >= 0.6 is 11.6 Å². The number of rotatable bonds is 5. The SMILES string of the molecule is COc1c(Cl)cc(C2CC(C(=O)O)CN2)cc1OC1CCCC1. The minimum Gasteiger partial charge on any atom is -0.491 e. The van der Waals surface area contributed by atoms with E-state index in [0.717, 1.165) is 18.4 Å². The average Bonchev–Trinajstić information content (AvgIpc) is 3.18. The lowest BCUT2D eigenvalue weighted by molar-refractivity contribution is -0.141. The van der Waals surface area contributed by atoms with Gasteiger partial charge in [-0.1, -0.05) is 11.6 Å². The molecule has 2 aliphatic rings. The maximum atomic E-state index is 11.1. The summed E-state index contributed by atoms with van der Waals surface area (Å²) < 4.78 is 11.5. The molecule has 2 unspecified atom stereocenters. The Morgan fingerprint density at radius 3 is 2.70 bits per heavy atom. The molecular formula is C17H22ClNO4. The van der Waals surface area contributed by atoms with Crippen molar-refractivity contribution in [3.8, 4) is 11.5 Å². The van der Waals surface area contributed by atoms with E-state index in [0.29, 0.717) is 29.5 Å². The minimum absolute atomic E-state index is 0.0227. The van der Waals surface area contributed by atoms with Crippen LogP contribution in [0.4, 0.5) is 0 Å². The first kappa shape index (κ1) is 16.4. The van der Waals surface area contributed by atoms with Gasteiger partial charge in [-0.3, -0.25) is 4.79 Å². The van der Waals surface area contributed by atoms with Crippen LogP contribution < -0.4 is 14.8 Å². The van der Waals surface area contributed by atoms with Crippen LogP contribution in [0.3, 0.4) is 0 Å². The summed E-state index contributed by atoms with van der Waals surface area (Å²) in [4.78, 5) is 11.1. The standard InChI is InChI=1S/C17H22ClNO4/c1-22-16-13(18)6-10(14-7-11(9-19-14)17(20)21)8-15(16)23-12-4-2-3-5-12/h6,8,11-12,14,19H,2-5,7,9H2,1H3,(H,20,21). The number of carbonyl (C=O) groups is 1. The molecule has 1 heterocycles. The van der Waals surface area contributed by atoms with E-state index in [1.807, 2.05) is 12.1 Å². The van der Waals surface area contributed by atoms with Crippen LogP contribution in [0.1, 0.15) is 43.7 Å². The summed E-state index contributed by atoms with van der Waals surface area (Å²) in [6.45, 7) is 0.475. The molecule has 6 heteroatoms. The van der Waals surface area contributed by atoms with E-state index < -0.39 is 5.97 Å². The monoisotopic (exact) mass is 339 g/mol. The van der Waals surface area contributed by atoms with Crippen molar-refractivity contribution in [1.29, 1.82) is 0 Å². The van der Waals surface area contributed by atoms with Gasteiger partial charge in [-0.2, -0.15) is 0 Å². The molecule has 126 valence electrons. The Hall–Kier alpha value is -1.46. The Morgan fingerprint density at radius 2 is 2.09 bits per heavy atom. The second-order valence-electron chi connectivity index (χ2n) is 6.29. The molecule has 0 bridgehead atoms. The zero-order valence-corrected chi connectivity index (χ0v) is 13.9. The number of nitrogens with one attached hydrogen (secondary N) is 1. The van der Waals surface area contributed by atoms with Gasteiger partial charge in [-0.25, -0.2) is 0 Å². The molecule has 0 radical (unpaired) electrons. The third-order valence-corrected chi connectivity index (χ3v) is 5.00. The summed E-state index contributed by atoms with van der Waals surface area (Å²) >= 11 is 6.35. The first-order valence-corrected chi connectivity index (χ1v) is 8.46. The predicted octanol–water partition coefficient (Wildman–Crippen LogP) is 3.41. The van der Waals surface area contributed by atoms with Gasteiger partial charge in [0.2, 0.25) is 0 Å². The van der Waals surface area contributed by atoms with Crippen molar-refractivity contribution in [1.82, 2.24) is 5.32 Å². The van der Waals surface area contributed by atoms with Crippen molar-refractivity contribution in [2.75, 3.05) is 13.7 Å². The highest BCUT2D eigenvalue weighted by molar-refractivity contribution is 6.32. The van der Waals surface area contributed by atoms with E-state index in [2.05, 4.69) is 5.32 Å². The Bertz CT molecular complexity index is 586. The fourth-order valence-electron chi connectivity index (χ4n) is 3.44. The molecule has 0 aromatic heterocycles. The van der Waals surface area contributed by atoms with E-state index in [-0.39, 0.29) is 18.1 Å². The van der Waals surface area contributed by atoms with Crippen LogP contribution in [0.15, 0.2) is 12.1 Å². The number of hydrogen-bond acceptors (Lipinski definition) is 4. The Labute approximate surface area is 140 Å². The van der Waals surface area contributed by atoms with Gasteiger partial charge < -0.3 is 19.9 Å². The van der Waals surface area contributed by atoms with Gasteiger partial charge in [0.1, 0.15) is 0 Å². The second-order valence-corrected chi connectivity index (χ2v) is 6.70. The quantitative estimate of drug-likeness (QED) is 0.860. The third kappa shape index (κ3) is 3.56. The lowest BCUT2D eigenvalue weighted by atomic mass is 9.99. The highest BCUT2D eigenvalue weighted by atomic mass is 35.5. The zero-order valence-electron chi connectivity index (χ0n) is 13.2. The molecule has 3 rings (SSSR count). The van der Waals surface area contributed by atoms with Crippen LogP contribution in [0.2, 0.25) is 5.02 Å². The molecule has 23 heavy (non-hydrogen) atoms. The number of hydrogen-bond donors (Lipinski definition) is 2. The average molecular weight is 340 g/mol. The van der Waals surface area contributed by atoms with Gasteiger partial charge in [0, 0.05) is 12.6 Å². The van der Waals surface area contributed by atoms with Crippen molar-refractivity contribution < 1.29 is 19.4 Å². The van der Waals surface area contributed by atoms with Crippen LogP contribution in [0, 0.1) is 5.92 Å². The first-order valence-electron chi connectivity index (χ1n) is 8.08. The molecule has 1 saturated carbocycles. The van der Waals surface area contributed by atoms with Crippen LogP contribution in [-0.4, -0.2) is 30.8 Å². The van der Waals surface area contributed by atoms with Gasteiger partial charge in [0.25, 0.3) is 0 Å². The highest BCUT2D eigenvalue weighted by Crippen LogP contribution is 2.41. The van der Waals surface area contributed by atoms with Gasteiger partial charge >= 0.3 is 5.97 Å². The molecular weight excluding hydrogens is 318 g/mol. The van der Waals surface area contributed by atoms with Crippen LogP contribution in [-0.2, 0) is 4.79 Å². The topological polar surface area (TPSA) is 67.8 Å². The summed E-state index contributed by atoms with van der Waals surface area (Å²) in [5, 5.41) is 12.9. The molecule has 1 aliphatic heterocycles. The number of halogens is 1. The normalized spacial score (nSPS) is 24.8. The fourth-order valence-corrected chi connectivity index (χ4v) is 3.73. The Balaban J connectivity index is 1.83. The third-order valence-electron chi connectivity index (χ3n) is 4.71. The minimum atomic E-state index is -0.762. The fraction of sp³-hybridized carbons (Fsp3) is 0.588.